The van der Waals surface area contributed by atoms with Crippen LogP contribution in [-0.2, 0) is 4.79 Å². The van der Waals surface area contributed by atoms with E-state index >= 15 is 0 Å². The third kappa shape index (κ3) is 4.08. The van der Waals surface area contributed by atoms with Crippen LogP contribution >= 0.6 is 11.6 Å². The number of nitro benzene ring substituents is 1. The predicted molar refractivity (Wildman–Crippen MR) is 100 cm³/mol. The highest BCUT2D eigenvalue weighted by Gasteiger charge is 2.24. The molecule has 9 nitrogen and oxygen atoms in total. The summed E-state index contributed by atoms with van der Waals surface area (Å²) < 4.78 is 1.10. The first kappa shape index (κ1) is 18.8. The van der Waals surface area contributed by atoms with E-state index in [1.54, 1.807) is 0 Å². The maximum absolute atomic E-state index is 12.6. The van der Waals surface area contributed by atoms with Gasteiger partial charge in [-0.1, -0.05) is 11.6 Å². The highest BCUT2D eigenvalue weighted by atomic mass is 35.5. The second-order valence-corrected chi connectivity index (χ2v) is 6.84. The van der Waals surface area contributed by atoms with Crippen LogP contribution in [0.5, 0.6) is 0 Å². The van der Waals surface area contributed by atoms with Gasteiger partial charge in [0, 0.05) is 31.6 Å². The molecular weight excluding hydrogens is 374 g/mol. The smallest absolute Gasteiger partial charge is 0.292 e. The van der Waals surface area contributed by atoms with Crippen molar-refractivity contribution < 1.29 is 9.72 Å². The van der Waals surface area contributed by atoms with Crippen LogP contribution in [0.4, 0.5) is 11.4 Å². The van der Waals surface area contributed by atoms with E-state index in [2.05, 4.69) is 5.10 Å². The van der Waals surface area contributed by atoms with Crippen molar-refractivity contribution >= 4 is 28.9 Å². The number of rotatable bonds is 5. The molecule has 27 heavy (non-hydrogen) atoms. The summed E-state index contributed by atoms with van der Waals surface area (Å²) >= 11 is 6.30. The van der Waals surface area contributed by atoms with Crippen LogP contribution in [-0.4, -0.2) is 33.7 Å². The lowest BCUT2D eigenvalue weighted by molar-refractivity contribution is -0.384. The Morgan fingerprint density at radius 3 is 2.70 bits per heavy atom. The van der Waals surface area contributed by atoms with Crippen molar-refractivity contribution in [2.75, 3.05) is 18.0 Å². The van der Waals surface area contributed by atoms with Crippen molar-refractivity contribution in [1.29, 1.82) is 0 Å². The minimum absolute atomic E-state index is 0.0167. The number of hydrogen-bond acceptors (Lipinski definition) is 6. The minimum Gasteiger partial charge on any atom is -0.370 e. The maximum atomic E-state index is 12.6. The molecule has 1 atom stereocenters. The van der Waals surface area contributed by atoms with E-state index in [1.807, 2.05) is 4.90 Å². The molecular formula is C17H18ClN5O4. The summed E-state index contributed by atoms with van der Waals surface area (Å²) in [6, 6.07) is 5.47. The van der Waals surface area contributed by atoms with Crippen molar-refractivity contribution in [3.05, 3.63) is 56.0 Å². The van der Waals surface area contributed by atoms with Crippen LogP contribution in [0.25, 0.3) is 5.69 Å². The van der Waals surface area contributed by atoms with Gasteiger partial charge in [0.2, 0.25) is 5.91 Å². The van der Waals surface area contributed by atoms with E-state index in [0.717, 1.165) is 17.5 Å². The number of piperidine rings is 1. The van der Waals surface area contributed by atoms with Gasteiger partial charge in [0.1, 0.15) is 5.02 Å². The van der Waals surface area contributed by atoms with E-state index in [9.17, 15) is 19.7 Å². The van der Waals surface area contributed by atoms with Crippen LogP contribution in [0, 0.1) is 16.0 Å². The summed E-state index contributed by atoms with van der Waals surface area (Å²) in [7, 11) is 0. The second-order valence-electron chi connectivity index (χ2n) is 6.46. The van der Waals surface area contributed by atoms with Crippen LogP contribution in [0.15, 0.2) is 35.3 Å². The quantitative estimate of drug-likeness (QED) is 0.612. The Labute approximate surface area is 159 Å². The summed E-state index contributed by atoms with van der Waals surface area (Å²) in [4.78, 5) is 36.0. The van der Waals surface area contributed by atoms with Crippen LogP contribution in [0.2, 0.25) is 5.02 Å². The predicted octanol–water partition coefficient (Wildman–Crippen LogP) is 1.89. The monoisotopic (exact) mass is 391 g/mol. The number of hydrogen-bond donors (Lipinski definition) is 1. The fourth-order valence-corrected chi connectivity index (χ4v) is 3.53. The molecule has 0 aliphatic carbocycles. The molecule has 1 amide bonds. The van der Waals surface area contributed by atoms with Crippen molar-refractivity contribution in [2.24, 2.45) is 11.7 Å². The number of carbonyl (C=O) groups is 1. The first-order chi connectivity index (χ1) is 12.9. The fraction of sp³-hybridized carbons (Fsp3) is 0.353. The van der Waals surface area contributed by atoms with E-state index in [-0.39, 0.29) is 22.5 Å². The van der Waals surface area contributed by atoms with Gasteiger partial charge >= 0.3 is 0 Å². The van der Waals surface area contributed by atoms with Gasteiger partial charge in [-0.2, -0.15) is 9.78 Å². The zero-order valence-corrected chi connectivity index (χ0v) is 15.1. The number of anilines is 1. The van der Waals surface area contributed by atoms with E-state index in [1.165, 1.54) is 30.5 Å². The summed E-state index contributed by atoms with van der Waals surface area (Å²) in [5, 5.41) is 14.9. The summed E-state index contributed by atoms with van der Waals surface area (Å²) in [5.41, 5.74) is 5.58. The highest BCUT2D eigenvalue weighted by Crippen LogP contribution is 2.28. The van der Waals surface area contributed by atoms with Gasteiger partial charge in [-0.15, -0.1) is 0 Å². The zero-order valence-electron chi connectivity index (χ0n) is 14.4. The van der Waals surface area contributed by atoms with E-state index in [4.69, 9.17) is 17.3 Å². The maximum Gasteiger partial charge on any atom is 0.292 e. The molecule has 1 aliphatic heterocycles. The molecule has 0 radical (unpaired) electrons. The molecule has 0 spiro atoms. The molecule has 1 aliphatic rings. The van der Waals surface area contributed by atoms with Crippen molar-refractivity contribution in [3.63, 3.8) is 0 Å². The lowest BCUT2D eigenvalue weighted by Gasteiger charge is -2.34. The number of nitrogens with two attached hydrogens (primary N) is 1. The largest absolute Gasteiger partial charge is 0.370 e. The lowest BCUT2D eigenvalue weighted by Crippen LogP contribution is -2.38. The average Bonchev–Trinajstić information content (AvgIpc) is 2.63. The van der Waals surface area contributed by atoms with Crippen LogP contribution in [0.1, 0.15) is 19.3 Å². The molecule has 1 aromatic heterocycles. The Bertz CT molecular complexity index is 928. The number of primary amides is 1. The number of halogens is 1. The first-order valence-corrected chi connectivity index (χ1v) is 8.80. The Hall–Kier alpha value is -2.94. The SMILES string of the molecule is NC(=O)CC1CCCN(c2cnn(-c3ccc([N+](=O)[O-])cc3)c(=O)c2Cl)C1. The van der Waals surface area contributed by atoms with Crippen molar-refractivity contribution in [3.8, 4) is 5.69 Å². The molecule has 0 bridgehead atoms. The van der Waals surface area contributed by atoms with Gasteiger partial charge in [0.25, 0.3) is 11.2 Å². The summed E-state index contributed by atoms with van der Waals surface area (Å²) in [6.45, 7) is 1.28. The van der Waals surface area contributed by atoms with Gasteiger partial charge in [0.05, 0.1) is 22.5 Å². The molecule has 142 valence electrons. The number of benzene rings is 1. The number of nitro groups is 1. The molecule has 2 aromatic rings. The van der Waals surface area contributed by atoms with Crippen LogP contribution in [0.3, 0.4) is 0 Å². The van der Waals surface area contributed by atoms with Gasteiger partial charge in [-0.3, -0.25) is 19.7 Å². The van der Waals surface area contributed by atoms with Gasteiger partial charge in [0.15, 0.2) is 0 Å². The number of aromatic nitrogens is 2. The van der Waals surface area contributed by atoms with Gasteiger partial charge in [-0.25, -0.2) is 0 Å². The number of nitrogens with zero attached hydrogens (tertiary/aromatic N) is 4. The third-order valence-corrected chi connectivity index (χ3v) is 4.91. The molecule has 10 heteroatoms. The summed E-state index contributed by atoms with van der Waals surface area (Å²) in [5.74, 6) is -0.232. The fourth-order valence-electron chi connectivity index (χ4n) is 3.28. The number of non-ortho nitro benzene ring substituents is 1. The zero-order chi connectivity index (χ0) is 19.6. The molecule has 2 N–H and O–H groups in total. The molecule has 3 rings (SSSR count). The molecule has 1 unspecified atom stereocenters. The Balaban J connectivity index is 1.88. The van der Waals surface area contributed by atoms with Crippen molar-refractivity contribution in [2.45, 2.75) is 19.3 Å². The van der Waals surface area contributed by atoms with Gasteiger partial charge < -0.3 is 10.6 Å². The van der Waals surface area contributed by atoms with Gasteiger partial charge in [-0.05, 0) is 30.9 Å². The minimum atomic E-state index is -0.519. The van der Waals surface area contributed by atoms with Crippen molar-refractivity contribution in [1.82, 2.24) is 9.78 Å². The Morgan fingerprint density at radius 1 is 1.37 bits per heavy atom. The third-order valence-electron chi connectivity index (χ3n) is 4.56. The van der Waals surface area contributed by atoms with E-state index in [0.29, 0.717) is 30.9 Å². The topological polar surface area (TPSA) is 124 Å². The van der Waals surface area contributed by atoms with E-state index < -0.39 is 10.5 Å². The molecule has 1 fully saturated rings. The highest BCUT2D eigenvalue weighted by molar-refractivity contribution is 6.33. The lowest BCUT2D eigenvalue weighted by atomic mass is 9.94. The summed E-state index contributed by atoms with van der Waals surface area (Å²) in [6.07, 6.45) is 3.54. The normalized spacial score (nSPS) is 16.9. The first-order valence-electron chi connectivity index (χ1n) is 8.42. The second kappa shape index (κ2) is 7.75. The molecule has 0 saturated carbocycles. The Kier molecular flexibility index (Phi) is 5.41. The molecule has 1 aromatic carbocycles. The molecule has 2 heterocycles. The van der Waals surface area contributed by atoms with Crippen LogP contribution < -0.4 is 16.2 Å². The standard InChI is InChI=1S/C17H18ClN5O4/c18-16-14(21-7-1-2-11(10-21)8-15(19)24)9-20-22(17(16)25)12-3-5-13(6-4-12)23(26)27/h3-6,9,11H,1-2,7-8,10H2,(H2,19,24). The Morgan fingerprint density at radius 2 is 2.07 bits per heavy atom. The average molecular weight is 392 g/mol. The number of carbonyl (C=O) groups excluding carboxylic acids is 1. The number of amides is 1. The molecule has 1 saturated heterocycles.